The Morgan fingerprint density at radius 1 is 1.19 bits per heavy atom. The van der Waals surface area contributed by atoms with Crippen LogP contribution in [0.5, 0.6) is 0 Å². The number of hydrogen-bond acceptors (Lipinski definition) is 1. The van der Waals surface area contributed by atoms with Gasteiger partial charge in [-0.3, -0.25) is 0 Å². The van der Waals surface area contributed by atoms with Crippen LogP contribution in [0.15, 0.2) is 53.1 Å². The van der Waals surface area contributed by atoms with Gasteiger partial charge < -0.3 is 9.67 Å². The Morgan fingerprint density at radius 3 is 2.71 bits per heavy atom. The molecule has 0 atom stereocenters. The molecule has 3 nitrogen and oxygen atoms in total. The molecule has 2 aromatic carbocycles. The third-order valence-corrected chi connectivity index (χ3v) is 3.97. The average molecular weight is 348 g/mol. The van der Waals surface area contributed by atoms with Crippen molar-refractivity contribution >= 4 is 32.8 Å². The zero-order chi connectivity index (χ0) is 15.0. The van der Waals surface area contributed by atoms with E-state index in [0.29, 0.717) is 11.0 Å². The third kappa shape index (κ3) is 2.69. The van der Waals surface area contributed by atoms with Gasteiger partial charge in [0.15, 0.2) is 0 Å². The Hall–Kier alpha value is -2.14. The van der Waals surface area contributed by atoms with Crippen molar-refractivity contribution in [1.29, 1.82) is 0 Å². The minimum Gasteiger partial charge on any atom is -0.478 e. The molecule has 3 rings (SSSR count). The van der Waals surface area contributed by atoms with Crippen molar-refractivity contribution in [3.63, 3.8) is 0 Å². The van der Waals surface area contributed by atoms with Crippen molar-refractivity contribution in [2.45, 2.75) is 6.54 Å². The van der Waals surface area contributed by atoms with Gasteiger partial charge in [-0.2, -0.15) is 0 Å². The van der Waals surface area contributed by atoms with Gasteiger partial charge in [-0.1, -0.05) is 12.1 Å². The largest absolute Gasteiger partial charge is 0.478 e. The van der Waals surface area contributed by atoms with Crippen LogP contribution >= 0.6 is 15.9 Å². The quantitative estimate of drug-likeness (QED) is 0.767. The van der Waals surface area contributed by atoms with E-state index in [1.165, 1.54) is 6.07 Å². The summed E-state index contributed by atoms with van der Waals surface area (Å²) in [5.74, 6) is -1.25. The van der Waals surface area contributed by atoms with Crippen molar-refractivity contribution in [2.24, 2.45) is 0 Å². The lowest BCUT2D eigenvalue weighted by molar-refractivity contribution is 0.0697. The number of nitrogens with zero attached hydrogens (tertiary/aromatic N) is 1. The van der Waals surface area contributed by atoms with E-state index in [0.717, 1.165) is 16.5 Å². The van der Waals surface area contributed by atoms with Gasteiger partial charge >= 0.3 is 5.97 Å². The number of hydrogen-bond donors (Lipinski definition) is 1. The van der Waals surface area contributed by atoms with Crippen LogP contribution in [0.25, 0.3) is 10.9 Å². The highest BCUT2D eigenvalue weighted by atomic mass is 79.9. The van der Waals surface area contributed by atoms with Crippen LogP contribution < -0.4 is 0 Å². The number of aromatic carboxylic acids is 1. The number of carboxylic acid groups (broad SMARTS) is 1. The highest BCUT2D eigenvalue weighted by molar-refractivity contribution is 9.10. The van der Waals surface area contributed by atoms with Gasteiger partial charge in [-0.15, -0.1) is 0 Å². The molecular weight excluding hydrogens is 337 g/mol. The molecule has 0 bridgehead atoms. The Kier molecular flexibility index (Phi) is 3.51. The van der Waals surface area contributed by atoms with Gasteiger partial charge in [0.2, 0.25) is 0 Å². The van der Waals surface area contributed by atoms with Gasteiger partial charge in [0.25, 0.3) is 0 Å². The molecule has 0 fully saturated rings. The van der Waals surface area contributed by atoms with Gasteiger partial charge in [0, 0.05) is 18.3 Å². The molecule has 0 unspecified atom stereocenters. The molecule has 3 aromatic rings. The van der Waals surface area contributed by atoms with E-state index in [1.54, 1.807) is 30.3 Å². The predicted molar refractivity (Wildman–Crippen MR) is 82.1 cm³/mol. The Balaban J connectivity index is 2.01. The minimum atomic E-state index is -0.950. The molecule has 0 radical (unpaired) electrons. The van der Waals surface area contributed by atoms with Crippen molar-refractivity contribution in [3.8, 4) is 0 Å². The summed E-state index contributed by atoms with van der Waals surface area (Å²) in [5.41, 5.74) is 2.03. The molecule has 0 saturated carbocycles. The van der Waals surface area contributed by atoms with E-state index in [9.17, 15) is 9.18 Å². The van der Waals surface area contributed by atoms with E-state index in [-0.39, 0.29) is 11.4 Å². The van der Waals surface area contributed by atoms with Crippen LogP contribution in [0.1, 0.15) is 15.9 Å². The minimum absolute atomic E-state index is 0.253. The molecule has 0 aliphatic heterocycles. The average Bonchev–Trinajstić information content (AvgIpc) is 2.85. The lowest BCUT2D eigenvalue weighted by atomic mass is 10.1. The highest BCUT2D eigenvalue weighted by Crippen LogP contribution is 2.21. The summed E-state index contributed by atoms with van der Waals surface area (Å²) in [5, 5.41) is 10.0. The highest BCUT2D eigenvalue weighted by Gasteiger charge is 2.08. The van der Waals surface area contributed by atoms with Gasteiger partial charge in [0.05, 0.1) is 10.0 Å². The number of halogens is 2. The van der Waals surface area contributed by atoms with Crippen molar-refractivity contribution in [3.05, 3.63) is 70.1 Å². The number of fused-ring (bicyclic) bond motifs is 1. The molecule has 0 aliphatic carbocycles. The fourth-order valence-corrected chi connectivity index (χ4v) is 2.72. The fourth-order valence-electron chi connectivity index (χ4n) is 2.29. The summed E-state index contributed by atoms with van der Waals surface area (Å²) >= 11 is 3.17. The zero-order valence-electron chi connectivity index (χ0n) is 10.9. The maximum absolute atomic E-state index is 13.3. The zero-order valence-corrected chi connectivity index (χ0v) is 12.5. The summed E-state index contributed by atoms with van der Waals surface area (Å²) < 4.78 is 15.6. The number of carboxylic acids is 1. The van der Waals surface area contributed by atoms with Crippen LogP contribution in [0.4, 0.5) is 4.39 Å². The number of aromatic nitrogens is 1. The Bertz CT molecular complexity index is 841. The van der Waals surface area contributed by atoms with Crippen molar-refractivity contribution in [2.75, 3.05) is 0 Å². The smallest absolute Gasteiger partial charge is 0.335 e. The van der Waals surface area contributed by atoms with Crippen LogP contribution in [-0.2, 0) is 6.54 Å². The van der Waals surface area contributed by atoms with E-state index in [2.05, 4.69) is 15.9 Å². The molecule has 106 valence electrons. The van der Waals surface area contributed by atoms with Crippen LogP contribution in [0.3, 0.4) is 0 Å². The number of benzene rings is 2. The maximum atomic E-state index is 13.3. The second-order valence-corrected chi connectivity index (χ2v) is 5.63. The lowest BCUT2D eigenvalue weighted by Crippen LogP contribution is -2.00. The number of rotatable bonds is 3. The normalized spacial score (nSPS) is 11.0. The topological polar surface area (TPSA) is 42.2 Å². The van der Waals surface area contributed by atoms with E-state index in [1.807, 2.05) is 16.8 Å². The van der Waals surface area contributed by atoms with Gasteiger partial charge in [0.1, 0.15) is 5.82 Å². The Morgan fingerprint density at radius 2 is 2.00 bits per heavy atom. The molecule has 0 aliphatic rings. The van der Waals surface area contributed by atoms with E-state index >= 15 is 0 Å². The summed E-state index contributed by atoms with van der Waals surface area (Å²) in [6, 6.07) is 11.8. The first-order valence-corrected chi connectivity index (χ1v) is 7.10. The molecule has 0 saturated heterocycles. The standard InChI is InChI=1S/C16H11BrFNO2/c17-13-7-10(1-4-14(13)18)9-19-6-5-11-2-3-12(16(20)21)8-15(11)19/h1-8H,9H2,(H,20,21). The fraction of sp³-hybridized carbons (Fsp3) is 0.0625. The monoisotopic (exact) mass is 347 g/mol. The lowest BCUT2D eigenvalue weighted by Gasteiger charge is -2.07. The predicted octanol–water partition coefficient (Wildman–Crippen LogP) is 4.29. The van der Waals surface area contributed by atoms with E-state index in [4.69, 9.17) is 5.11 Å². The summed E-state index contributed by atoms with van der Waals surface area (Å²) in [4.78, 5) is 11.1. The maximum Gasteiger partial charge on any atom is 0.335 e. The number of carbonyl (C=O) groups is 1. The first-order chi connectivity index (χ1) is 10.0. The first kappa shape index (κ1) is 13.8. The molecule has 1 heterocycles. The second kappa shape index (κ2) is 5.33. The third-order valence-electron chi connectivity index (χ3n) is 3.36. The molecule has 21 heavy (non-hydrogen) atoms. The SMILES string of the molecule is O=C(O)c1ccc2ccn(Cc3ccc(F)c(Br)c3)c2c1. The summed E-state index contributed by atoms with van der Waals surface area (Å²) in [6.45, 7) is 0.547. The first-order valence-electron chi connectivity index (χ1n) is 6.31. The summed E-state index contributed by atoms with van der Waals surface area (Å²) in [7, 11) is 0. The van der Waals surface area contributed by atoms with Crippen LogP contribution in [0, 0.1) is 5.82 Å². The Labute approximate surface area is 128 Å². The molecular formula is C16H11BrFNO2. The molecule has 1 aromatic heterocycles. The van der Waals surface area contributed by atoms with Gasteiger partial charge in [-0.05, 0) is 57.2 Å². The van der Waals surface area contributed by atoms with Crippen LogP contribution in [-0.4, -0.2) is 15.6 Å². The molecule has 0 spiro atoms. The molecule has 5 heteroatoms. The second-order valence-electron chi connectivity index (χ2n) is 4.77. The molecule has 0 amide bonds. The molecule has 1 N–H and O–H groups in total. The van der Waals surface area contributed by atoms with Gasteiger partial charge in [-0.25, -0.2) is 9.18 Å². The summed E-state index contributed by atoms with van der Waals surface area (Å²) in [6.07, 6.45) is 1.90. The van der Waals surface area contributed by atoms with E-state index < -0.39 is 5.97 Å². The van der Waals surface area contributed by atoms with Crippen molar-refractivity contribution < 1.29 is 14.3 Å². The van der Waals surface area contributed by atoms with Crippen molar-refractivity contribution in [1.82, 2.24) is 4.57 Å². The van der Waals surface area contributed by atoms with Crippen LogP contribution in [0.2, 0.25) is 0 Å².